The van der Waals surface area contributed by atoms with Crippen LogP contribution in [0.4, 0.5) is 0 Å². The molecule has 2 atom stereocenters. The lowest BCUT2D eigenvalue weighted by Crippen LogP contribution is -2.44. The van der Waals surface area contributed by atoms with Gasteiger partial charge >= 0.3 is 0 Å². The number of carbonyl (C=O) groups is 1. The fourth-order valence-corrected chi connectivity index (χ4v) is 2.05. The van der Waals surface area contributed by atoms with Gasteiger partial charge in [-0.3, -0.25) is 4.79 Å². The van der Waals surface area contributed by atoms with Crippen LogP contribution < -0.4 is 10.6 Å². The van der Waals surface area contributed by atoms with Gasteiger partial charge in [0, 0.05) is 18.5 Å². The average molecular weight is 240 g/mol. The zero-order valence-corrected chi connectivity index (χ0v) is 11.8. The first-order valence-corrected chi connectivity index (χ1v) is 6.92. The minimum Gasteiger partial charge on any atom is -0.354 e. The molecule has 1 heterocycles. The molecule has 0 aromatic rings. The summed E-state index contributed by atoms with van der Waals surface area (Å²) < 4.78 is 0. The molecule has 2 unspecified atom stereocenters. The molecule has 0 spiro atoms. The predicted molar refractivity (Wildman–Crippen MR) is 71.9 cm³/mol. The minimum atomic E-state index is 0.0426. The molecular formula is C14H28N2O. The Bertz CT molecular complexity index is 237. The Morgan fingerprint density at radius 1 is 1.35 bits per heavy atom. The summed E-state index contributed by atoms with van der Waals surface area (Å²) in [6.45, 7) is 10.2. The van der Waals surface area contributed by atoms with Gasteiger partial charge in [0.15, 0.2) is 0 Å². The van der Waals surface area contributed by atoms with E-state index in [0.717, 1.165) is 13.1 Å². The van der Waals surface area contributed by atoms with Crippen LogP contribution in [0.1, 0.15) is 53.4 Å². The van der Waals surface area contributed by atoms with Gasteiger partial charge in [0.1, 0.15) is 0 Å². The van der Waals surface area contributed by atoms with E-state index in [-0.39, 0.29) is 17.2 Å². The monoisotopic (exact) mass is 240 g/mol. The lowest BCUT2D eigenvalue weighted by molar-refractivity contribution is -0.127. The number of amides is 1. The highest BCUT2D eigenvalue weighted by molar-refractivity contribution is 5.78. The molecule has 0 aliphatic carbocycles. The SMILES string of the molecule is CC(C(=O)NCC1CCCCCN1)C(C)(C)C. The molecule has 3 heteroatoms. The second-order valence-electron chi connectivity index (χ2n) is 6.33. The number of hydrogen-bond acceptors (Lipinski definition) is 2. The smallest absolute Gasteiger partial charge is 0.223 e. The molecule has 0 radical (unpaired) electrons. The van der Waals surface area contributed by atoms with Crippen LogP contribution in [0.2, 0.25) is 0 Å². The normalized spacial score (nSPS) is 23.9. The highest BCUT2D eigenvalue weighted by atomic mass is 16.1. The van der Waals surface area contributed by atoms with Crippen molar-refractivity contribution in [1.29, 1.82) is 0 Å². The number of rotatable bonds is 3. The Hall–Kier alpha value is -0.570. The molecule has 1 saturated heterocycles. The second-order valence-corrected chi connectivity index (χ2v) is 6.33. The lowest BCUT2D eigenvalue weighted by Gasteiger charge is -2.27. The van der Waals surface area contributed by atoms with Crippen LogP contribution in [0.5, 0.6) is 0 Å². The van der Waals surface area contributed by atoms with Crippen molar-refractivity contribution < 1.29 is 4.79 Å². The summed E-state index contributed by atoms with van der Waals surface area (Å²) in [5, 5.41) is 6.58. The topological polar surface area (TPSA) is 41.1 Å². The molecule has 0 aromatic heterocycles. The van der Waals surface area contributed by atoms with E-state index in [9.17, 15) is 4.79 Å². The molecule has 0 saturated carbocycles. The third-order valence-electron chi connectivity index (χ3n) is 3.88. The highest BCUT2D eigenvalue weighted by Crippen LogP contribution is 2.25. The van der Waals surface area contributed by atoms with Crippen molar-refractivity contribution >= 4 is 5.91 Å². The first-order chi connectivity index (χ1) is 7.91. The van der Waals surface area contributed by atoms with Gasteiger partial charge < -0.3 is 10.6 Å². The quantitative estimate of drug-likeness (QED) is 0.795. The van der Waals surface area contributed by atoms with Crippen LogP contribution in [0.25, 0.3) is 0 Å². The molecule has 1 aliphatic heterocycles. The van der Waals surface area contributed by atoms with Gasteiger partial charge in [-0.25, -0.2) is 0 Å². The van der Waals surface area contributed by atoms with E-state index in [0.29, 0.717) is 6.04 Å². The molecule has 0 bridgehead atoms. The Labute approximate surface area is 106 Å². The molecular weight excluding hydrogens is 212 g/mol. The fourth-order valence-electron chi connectivity index (χ4n) is 2.05. The third-order valence-corrected chi connectivity index (χ3v) is 3.88. The third kappa shape index (κ3) is 5.07. The van der Waals surface area contributed by atoms with E-state index < -0.39 is 0 Å². The Balaban J connectivity index is 2.31. The van der Waals surface area contributed by atoms with Gasteiger partial charge in [-0.05, 0) is 24.8 Å². The van der Waals surface area contributed by atoms with Crippen LogP contribution in [0.15, 0.2) is 0 Å². The van der Waals surface area contributed by atoms with Crippen molar-refractivity contribution in [3.05, 3.63) is 0 Å². The summed E-state index contributed by atoms with van der Waals surface area (Å²) >= 11 is 0. The maximum atomic E-state index is 12.0. The van der Waals surface area contributed by atoms with Crippen LogP contribution in [0.3, 0.4) is 0 Å². The van der Waals surface area contributed by atoms with Gasteiger partial charge in [0.2, 0.25) is 5.91 Å². The molecule has 1 aliphatic rings. The molecule has 1 fully saturated rings. The molecule has 2 N–H and O–H groups in total. The summed E-state index contributed by atoms with van der Waals surface area (Å²) in [4.78, 5) is 12.0. The minimum absolute atomic E-state index is 0.0426. The summed E-state index contributed by atoms with van der Waals surface area (Å²) in [5.41, 5.74) is 0.0426. The Morgan fingerprint density at radius 3 is 2.71 bits per heavy atom. The Kier molecular flexibility index (Phi) is 5.44. The van der Waals surface area contributed by atoms with Gasteiger partial charge in [-0.2, -0.15) is 0 Å². The molecule has 3 nitrogen and oxygen atoms in total. The molecule has 1 amide bonds. The van der Waals surface area contributed by atoms with Gasteiger partial charge in [-0.15, -0.1) is 0 Å². The van der Waals surface area contributed by atoms with E-state index in [2.05, 4.69) is 31.4 Å². The second kappa shape index (κ2) is 6.39. The van der Waals surface area contributed by atoms with Crippen molar-refractivity contribution in [1.82, 2.24) is 10.6 Å². The predicted octanol–water partition coefficient (Wildman–Crippen LogP) is 2.32. The van der Waals surface area contributed by atoms with E-state index in [1.165, 1.54) is 25.7 Å². The summed E-state index contributed by atoms with van der Waals surface area (Å²) in [6.07, 6.45) is 5.05. The Morgan fingerprint density at radius 2 is 2.06 bits per heavy atom. The molecule has 17 heavy (non-hydrogen) atoms. The van der Waals surface area contributed by atoms with Crippen molar-refractivity contribution in [2.45, 2.75) is 59.4 Å². The van der Waals surface area contributed by atoms with Crippen LogP contribution in [0, 0.1) is 11.3 Å². The standard InChI is InChI=1S/C14H28N2O/c1-11(14(2,3)4)13(17)16-10-12-8-6-5-7-9-15-12/h11-12,15H,5-10H2,1-4H3,(H,16,17). The molecule has 0 aromatic carbocycles. The van der Waals surface area contributed by atoms with Crippen molar-refractivity contribution in [3.8, 4) is 0 Å². The fraction of sp³-hybridized carbons (Fsp3) is 0.929. The first-order valence-electron chi connectivity index (χ1n) is 6.92. The highest BCUT2D eigenvalue weighted by Gasteiger charge is 2.26. The maximum Gasteiger partial charge on any atom is 0.223 e. The summed E-state index contributed by atoms with van der Waals surface area (Å²) in [7, 11) is 0. The van der Waals surface area contributed by atoms with Crippen LogP contribution >= 0.6 is 0 Å². The summed E-state index contributed by atoms with van der Waals surface area (Å²) in [6, 6.07) is 0.466. The lowest BCUT2D eigenvalue weighted by atomic mass is 9.81. The number of hydrogen-bond donors (Lipinski definition) is 2. The van der Waals surface area contributed by atoms with Gasteiger partial charge in [-0.1, -0.05) is 40.5 Å². The number of nitrogens with one attached hydrogen (secondary N) is 2. The van der Waals surface area contributed by atoms with E-state index in [1.54, 1.807) is 0 Å². The van der Waals surface area contributed by atoms with Gasteiger partial charge in [0.25, 0.3) is 0 Å². The first kappa shape index (κ1) is 14.5. The van der Waals surface area contributed by atoms with Gasteiger partial charge in [0.05, 0.1) is 0 Å². The molecule has 100 valence electrons. The van der Waals surface area contributed by atoms with Crippen molar-refractivity contribution in [3.63, 3.8) is 0 Å². The van der Waals surface area contributed by atoms with E-state index in [1.807, 2.05) is 6.92 Å². The number of carbonyl (C=O) groups excluding carboxylic acids is 1. The average Bonchev–Trinajstić information content (AvgIpc) is 2.51. The maximum absolute atomic E-state index is 12.0. The molecule has 1 rings (SSSR count). The van der Waals surface area contributed by atoms with Crippen molar-refractivity contribution in [2.24, 2.45) is 11.3 Å². The van der Waals surface area contributed by atoms with E-state index in [4.69, 9.17) is 0 Å². The van der Waals surface area contributed by atoms with Crippen molar-refractivity contribution in [2.75, 3.05) is 13.1 Å². The van der Waals surface area contributed by atoms with E-state index >= 15 is 0 Å². The zero-order chi connectivity index (χ0) is 12.9. The zero-order valence-electron chi connectivity index (χ0n) is 11.8. The van der Waals surface area contributed by atoms with Crippen LogP contribution in [-0.4, -0.2) is 25.0 Å². The largest absolute Gasteiger partial charge is 0.354 e. The van der Waals surface area contributed by atoms with Crippen LogP contribution in [-0.2, 0) is 4.79 Å². The summed E-state index contributed by atoms with van der Waals surface area (Å²) in [5.74, 6) is 0.247.